The zero-order chi connectivity index (χ0) is 21.7. The third-order valence-electron chi connectivity index (χ3n) is 5.81. The van der Waals surface area contributed by atoms with Crippen LogP contribution >= 0.6 is 0 Å². The number of hydrogen-bond donors (Lipinski definition) is 1. The summed E-state index contributed by atoms with van der Waals surface area (Å²) in [6, 6.07) is 0.843. The van der Waals surface area contributed by atoms with E-state index in [1.807, 2.05) is 0 Å². The molecule has 1 aliphatic carbocycles. The highest BCUT2D eigenvalue weighted by atomic mass is 19.4. The molecule has 3 aliphatic rings. The number of halogens is 3. The number of alkyl halides is 3. The summed E-state index contributed by atoms with van der Waals surface area (Å²) in [6.45, 7) is 4.05. The monoisotopic (exact) mass is 424 g/mol. The molecule has 3 rings (SSSR count). The first-order valence-corrected chi connectivity index (χ1v) is 9.98. The molecule has 0 aromatic carbocycles. The fourth-order valence-corrected chi connectivity index (χ4v) is 3.84. The minimum absolute atomic E-state index is 0.0404. The molecule has 1 spiro atoms. The Morgan fingerprint density at radius 3 is 2.34 bits per heavy atom. The van der Waals surface area contributed by atoms with Gasteiger partial charge in [-0.15, -0.1) is 0 Å². The highest BCUT2D eigenvalue weighted by Crippen LogP contribution is 2.41. The van der Waals surface area contributed by atoms with Crippen LogP contribution in [0, 0.1) is 5.92 Å². The predicted molar refractivity (Wildman–Crippen MR) is 98.4 cm³/mol. The molecular weight excluding hydrogens is 393 g/mol. The quantitative estimate of drug-likeness (QED) is 0.659. The van der Waals surface area contributed by atoms with Gasteiger partial charge in [0.25, 0.3) is 0 Å². The molecule has 1 atom stereocenters. The second kappa shape index (κ2) is 10.1. The molecule has 1 amide bonds. The van der Waals surface area contributed by atoms with Crippen molar-refractivity contribution in [2.45, 2.75) is 56.3 Å². The Balaban J connectivity index is 0.000000370. The molecular formula is C19H31F3N2O5. The van der Waals surface area contributed by atoms with Gasteiger partial charge in [-0.25, -0.2) is 4.79 Å². The van der Waals surface area contributed by atoms with E-state index >= 15 is 0 Å². The topological polar surface area (TPSA) is 79.3 Å². The summed E-state index contributed by atoms with van der Waals surface area (Å²) in [4.78, 5) is 24.5. The lowest BCUT2D eigenvalue weighted by atomic mass is 9.76. The van der Waals surface area contributed by atoms with Crippen LogP contribution in [-0.4, -0.2) is 91.6 Å². The highest BCUT2D eigenvalue weighted by molar-refractivity contribution is 5.76. The maximum absolute atomic E-state index is 11.5. The van der Waals surface area contributed by atoms with Gasteiger partial charge in [-0.3, -0.25) is 9.69 Å². The molecule has 1 saturated carbocycles. The number of carboxylic acid groups (broad SMARTS) is 1. The Kier molecular flexibility index (Phi) is 8.30. The van der Waals surface area contributed by atoms with Crippen molar-refractivity contribution in [3.8, 4) is 0 Å². The van der Waals surface area contributed by atoms with Gasteiger partial charge in [0.15, 0.2) is 0 Å². The Morgan fingerprint density at radius 1 is 1.24 bits per heavy atom. The molecule has 0 radical (unpaired) electrons. The van der Waals surface area contributed by atoms with Gasteiger partial charge in [-0.2, -0.15) is 13.2 Å². The molecule has 1 unspecified atom stereocenters. The normalized spacial score (nSPS) is 24.1. The van der Waals surface area contributed by atoms with Gasteiger partial charge in [0.1, 0.15) is 6.61 Å². The molecule has 2 aliphatic heterocycles. The minimum Gasteiger partial charge on any atom is -0.475 e. The lowest BCUT2D eigenvalue weighted by Crippen LogP contribution is -2.68. The molecule has 2 saturated heterocycles. The second-order valence-corrected chi connectivity index (χ2v) is 8.31. The van der Waals surface area contributed by atoms with E-state index in [0.717, 1.165) is 38.6 Å². The summed E-state index contributed by atoms with van der Waals surface area (Å²) in [6.07, 6.45) is 2.44. The van der Waals surface area contributed by atoms with Crippen LogP contribution in [0.1, 0.15) is 38.5 Å². The lowest BCUT2D eigenvalue weighted by molar-refractivity contribution is -0.195. The highest BCUT2D eigenvalue weighted by Gasteiger charge is 2.49. The third-order valence-corrected chi connectivity index (χ3v) is 5.81. The fourth-order valence-electron chi connectivity index (χ4n) is 3.84. The Morgan fingerprint density at radius 2 is 1.86 bits per heavy atom. The number of rotatable bonds is 6. The molecule has 0 bridgehead atoms. The maximum Gasteiger partial charge on any atom is 0.490 e. The van der Waals surface area contributed by atoms with E-state index in [-0.39, 0.29) is 18.1 Å². The van der Waals surface area contributed by atoms with Crippen molar-refractivity contribution in [1.82, 2.24) is 9.80 Å². The molecule has 2 heterocycles. The number of amides is 1. The number of aliphatic carboxylic acids is 1. The molecule has 7 nitrogen and oxygen atoms in total. The van der Waals surface area contributed by atoms with E-state index in [4.69, 9.17) is 19.4 Å². The molecule has 0 aromatic heterocycles. The first-order valence-electron chi connectivity index (χ1n) is 9.98. The molecule has 29 heavy (non-hydrogen) atoms. The summed E-state index contributed by atoms with van der Waals surface area (Å²) in [5.74, 6) is -2.03. The summed E-state index contributed by atoms with van der Waals surface area (Å²) in [7, 11) is 3.52. The van der Waals surface area contributed by atoms with Crippen molar-refractivity contribution in [1.29, 1.82) is 0 Å². The largest absolute Gasteiger partial charge is 0.490 e. The van der Waals surface area contributed by atoms with Crippen molar-refractivity contribution in [2.24, 2.45) is 5.92 Å². The standard InChI is InChI=1S/C17H30N2O3.C2HF3O2/c1-18(2)16(20)11-21-8-6-14-7-9-22-17(10-14)12-19(13-17)15-4-3-5-15;3-2(4,5)1(6)7/h14-15H,3-13H2,1-2H3;(H,6,7). The summed E-state index contributed by atoms with van der Waals surface area (Å²) < 4.78 is 43.4. The number of carboxylic acids is 1. The average Bonchev–Trinajstić information content (AvgIpc) is 2.55. The van der Waals surface area contributed by atoms with Gasteiger partial charge in [0, 0.05) is 46.4 Å². The average molecular weight is 424 g/mol. The zero-order valence-corrected chi connectivity index (χ0v) is 17.0. The summed E-state index contributed by atoms with van der Waals surface area (Å²) in [5.41, 5.74) is 0.137. The van der Waals surface area contributed by atoms with Gasteiger partial charge in [0.05, 0.1) is 5.60 Å². The lowest BCUT2D eigenvalue weighted by Gasteiger charge is -2.57. The number of nitrogens with zero attached hydrogens (tertiary/aromatic N) is 2. The first-order chi connectivity index (χ1) is 13.5. The van der Waals surface area contributed by atoms with Crippen LogP contribution in [0.5, 0.6) is 0 Å². The van der Waals surface area contributed by atoms with Crippen LogP contribution in [0.3, 0.4) is 0 Å². The molecule has 0 aromatic rings. The molecule has 3 fully saturated rings. The van der Waals surface area contributed by atoms with Gasteiger partial charge < -0.3 is 19.5 Å². The zero-order valence-electron chi connectivity index (χ0n) is 17.0. The number of likely N-dealkylation sites (N-methyl/N-ethyl adjacent to an activating group) is 1. The Labute approximate surface area is 169 Å². The van der Waals surface area contributed by atoms with Gasteiger partial charge in [-0.1, -0.05) is 6.42 Å². The predicted octanol–water partition coefficient (Wildman–Crippen LogP) is 2.15. The molecule has 1 N–H and O–H groups in total. The van der Waals surface area contributed by atoms with Gasteiger partial charge in [-0.05, 0) is 38.0 Å². The fraction of sp³-hybridized carbons (Fsp3) is 0.895. The summed E-state index contributed by atoms with van der Waals surface area (Å²) >= 11 is 0. The van der Waals surface area contributed by atoms with Gasteiger partial charge in [0.2, 0.25) is 5.91 Å². The Hall–Kier alpha value is -1.39. The first kappa shape index (κ1) is 23.9. The number of ether oxygens (including phenoxy) is 2. The van der Waals surface area contributed by atoms with E-state index < -0.39 is 12.1 Å². The number of hydrogen-bond acceptors (Lipinski definition) is 5. The van der Waals surface area contributed by atoms with Crippen LogP contribution in [-0.2, 0) is 19.1 Å². The van der Waals surface area contributed by atoms with Crippen molar-refractivity contribution < 1.29 is 37.3 Å². The van der Waals surface area contributed by atoms with Crippen LogP contribution in [0.4, 0.5) is 13.2 Å². The van der Waals surface area contributed by atoms with E-state index in [9.17, 15) is 18.0 Å². The van der Waals surface area contributed by atoms with E-state index in [0.29, 0.717) is 12.5 Å². The molecule has 10 heteroatoms. The summed E-state index contributed by atoms with van der Waals surface area (Å²) in [5, 5.41) is 7.12. The SMILES string of the molecule is CN(C)C(=O)COCCC1CCOC2(C1)CN(C1CCC1)C2.O=C(O)C(F)(F)F. The van der Waals surface area contributed by atoms with Crippen molar-refractivity contribution >= 4 is 11.9 Å². The van der Waals surface area contributed by atoms with Crippen LogP contribution in [0.2, 0.25) is 0 Å². The third kappa shape index (κ3) is 7.11. The van der Waals surface area contributed by atoms with Crippen LogP contribution in [0.15, 0.2) is 0 Å². The van der Waals surface area contributed by atoms with E-state index in [2.05, 4.69) is 4.90 Å². The van der Waals surface area contributed by atoms with Gasteiger partial charge >= 0.3 is 12.1 Å². The van der Waals surface area contributed by atoms with E-state index in [1.165, 1.54) is 25.7 Å². The molecule has 168 valence electrons. The number of likely N-dealkylation sites (tertiary alicyclic amines) is 1. The smallest absolute Gasteiger partial charge is 0.475 e. The number of carbonyl (C=O) groups is 2. The maximum atomic E-state index is 11.5. The number of carbonyl (C=O) groups excluding carboxylic acids is 1. The minimum atomic E-state index is -5.08. The van der Waals surface area contributed by atoms with Crippen molar-refractivity contribution in [3.05, 3.63) is 0 Å². The van der Waals surface area contributed by atoms with Crippen LogP contribution < -0.4 is 0 Å². The van der Waals surface area contributed by atoms with Crippen molar-refractivity contribution in [2.75, 3.05) is 47.0 Å². The Bertz CT molecular complexity index is 561. The van der Waals surface area contributed by atoms with Crippen molar-refractivity contribution in [3.63, 3.8) is 0 Å². The second-order valence-electron chi connectivity index (χ2n) is 8.31. The van der Waals surface area contributed by atoms with E-state index in [1.54, 1.807) is 19.0 Å². The van der Waals surface area contributed by atoms with Crippen LogP contribution in [0.25, 0.3) is 0 Å².